The summed E-state index contributed by atoms with van der Waals surface area (Å²) in [5.41, 5.74) is 1.59. The van der Waals surface area contributed by atoms with Crippen LogP contribution in [0.15, 0.2) is 24.3 Å². The third kappa shape index (κ3) is 4.88. The van der Waals surface area contributed by atoms with Gasteiger partial charge in [-0.3, -0.25) is 14.9 Å². The van der Waals surface area contributed by atoms with Crippen molar-refractivity contribution in [3.05, 3.63) is 40.4 Å². The summed E-state index contributed by atoms with van der Waals surface area (Å²) >= 11 is 0.799. The first-order valence-electron chi connectivity index (χ1n) is 8.62. The van der Waals surface area contributed by atoms with Crippen molar-refractivity contribution in [3.63, 3.8) is 0 Å². The Hall–Kier alpha value is -2.81. The highest BCUT2D eigenvalue weighted by molar-refractivity contribution is 7.17. The number of hydrogen-bond acceptors (Lipinski definition) is 6. The van der Waals surface area contributed by atoms with Crippen LogP contribution in [0.3, 0.4) is 0 Å². The second-order valence-corrected chi connectivity index (χ2v) is 7.59. The number of nitrogens with one attached hydrogen (secondary N) is 1. The number of carboxylic acids is 2. The molecule has 1 aromatic carbocycles. The van der Waals surface area contributed by atoms with Gasteiger partial charge in [-0.05, 0) is 55.2 Å². The van der Waals surface area contributed by atoms with Gasteiger partial charge in [0, 0.05) is 12.0 Å². The summed E-state index contributed by atoms with van der Waals surface area (Å²) in [5.74, 6) is -1.66. The Morgan fingerprint density at radius 3 is 2.26 bits per heavy atom. The summed E-state index contributed by atoms with van der Waals surface area (Å²) in [6.07, 6.45) is 3.95. The van der Waals surface area contributed by atoms with Crippen molar-refractivity contribution in [2.75, 3.05) is 5.32 Å². The predicted molar refractivity (Wildman–Crippen MR) is 98.2 cm³/mol. The van der Waals surface area contributed by atoms with Gasteiger partial charge in [0.2, 0.25) is 10.1 Å². The fourth-order valence-electron chi connectivity index (χ4n) is 3.38. The van der Waals surface area contributed by atoms with E-state index < -0.39 is 11.9 Å². The Bertz CT molecular complexity index is 841. The minimum atomic E-state index is -1.18. The van der Waals surface area contributed by atoms with E-state index in [0.717, 1.165) is 42.6 Å². The zero-order chi connectivity index (χ0) is 19.4. The SMILES string of the molecule is O=C(O)C[C@H]1CC[C@H](c2ccc(C(=O)Nc3nnc(C(=O)O)s3)cc2)CC1. The number of carbonyl (C=O) groups excluding carboxylic acids is 1. The maximum absolute atomic E-state index is 12.3. The maximum Gasteiger partial charge on any atom is 0.367 e. The van der Waals surface area contributed by atoms with Crippen LogP contribution in [0.4, 0.5) is 5.13 Å². The molecule has 1 aliphatic carbocycles. The molecule has 1 aliphatic rings. The molecule has 27 heavy (non-hydrogen) atoms. The van der Waals surface area contributed by atoms with Crippen LogP contribution in [0.5, 0.6) is 0 Å². The van der Waals surface area contributed by atoms with Crippen molar-refractivity contribution in [1.82, 2.24) is 10.2 Å². The highest BCUT2D eigenvalue weighted by Crippen LogP contribution is 2.37. The van der Waals surface area contributed by atoms with Crippen molar-refractivity contribution in [2.24, 2.45) is 5.92 Å². The average Bonchev–Trinajstić information content (AvgIpc) is 3.11. The van der Waals surface area contributed by atoms with Gasteiger partial charge in [0.25, 0.3) is 5.91 Å². The lowest BCUT2D eigenvalue weighted by Gasteiger charge is -2.28. The Balaban J connectivity index is 1.57. The highest BCUT2D eigenvalue weighted by Gasteiger charge is 2.24. The lowest BCUT2D eigenvalue weighted by Crippen LogP contribution is -2.16. The van der Waals surface area contributed by atoms with Crippen LogP contribution in [-0.4, -0.2) is 38.3 Å². The number of nitrogens with zero attached hydrogens (tertiary/aromatic N) is 2. The van der Waals surface area contributed by atoms with Crippen molar-refractivity contribution in [2.45, 2.75) is 38.0 Å². The molecule has 8 nitrogen and oxygen atoms in total. The minimum absolute atomic E-state index is 0.137. The molecule has 0 saturated heterocycles. The molecule has 3 N–H and O–H groups in total. The number of amides is 1. The number of benzene rings is 1. The van der Waals surface area contributed by atoms with E-state index in [1.165, 1.54) is 0 Å². The zero-order valence-corrected chi connectivity index (χ0v) is 15.2. The zero-order valence-electron chi connectivity index (χ0n) is 14.4. The van der Waals surface area contributed by atoms with E-state index in [1.807, 2.05) is 12.1 Å². The number of aliphatic carboxylic acids is 1. The molecule has 0 spiro atoms. The van der Waals surface area contributed by atoms with E-state index in [9.17, 15) is 14.4 Å². The summed E-state index contributed by atoms with van der Waals surface area (Å²) in [7, 11) is 0. The first-order chi connectivity index (χ1) is 12.9. The summed E-state index contributed by atoms with van der Waals surface area (Å²) in [6, 6.07) is 7.29. The average molecular weight is 389 g/mol. The summed E-state index contributed by atoms with van der Waals surface area (Å²) < 4.78 is 0. The number of rotatable bonds is 6. The minimum Gasteiger partial charge on any atom is -0.481 e. The number of anilines is 1. The van der Waals surface area contributed by atoms with Crippen LogP contribution in [-0.2, 0) is 4.79 Å². The first kappa shape index (κ1) is 19.0. The largest absolute Gasteiger partial charge is 0.481 e. The van der Waals surface area contributed by atoms with Crippen molar-refractivity contribution in [3.8, 4) is 0 Å². The van der Waals surface area contributed by atoms with E-state index in [0.29, 0.717) is 11.5 Å². The van der Waals surface area contributed by atoms with Gasteiger partial charge >= 0.3 is 11.9 Å². The number of aromatic carboxylic acids is 1. The van der Waals surface area contributed by atoms with E-state index in [4.69, 9.17) is 10.2 Å². The second kappa shape index (κ2) is 8.26. The second-order valence-electron chi connectivity index (χ2n) is 6.61. The molecule has 2 aromatic rings. The van der Waals surface area contributed by atoms with Gasteiger partial charge in [0.1, 0.15) is 0 Å². The summed E-state index contributed by atoms with van der Waals surface area (Å²) in [4.78, 5) is 33.9. The van der Waals surface area contributed by atoms with Crippen LogP contribution < -0.4 is 5.32 Å². The van der Waals surface area contributed by atoms with Gasteiger partial charge in [-0.25, -0.2) is 4.79 Å². The molecule has 0 bridgehead atoms. The molecule has 9 heteroatoms. The normalized spacial score (nSPS) is 19.4. The lowest BCUT2D eigenvalue weighted by molar-refractivity contribution is -0.138. The van der Waals surface area contributed by atoms with Gasteiger partial charge in [-0.1, -0.05) is 23.5 Å². The Labute approximate surface area is 159 Å². The lowest BCUT2D eigenvalue weighted by atomic mass is 9.77. The number of carboxylic acid groups (broad SMARTS) is 2. The molecule has 0 unspecified atom stereocenters. The van der Waals surface area contributed by atoms with Gasteiger partial charge in [0.15, 0.2) is 0 Å². The number of hydrogen-bond donors (Lipinski definition) is 3. The topological polar surface area (TPSA) is 129 Å². The van der Waals surface area contributed by atoms with Crippen LogP contribution in [0.1, 0.15) is 63.7 Å². The number of carbonyl (C=O) groups is 3. The maximum atomic E-state index is 12.3. The smallest absolute Gasteiger partial charge is 0.367 e. The van der Waals surface area contributed by atoms with Crippen molar-refractivity contribution < 1.29 is 24.6 Å². The third-order valence-corrected chi connectivity index (χ3v) is 5.61. The van der Waals surface area contributed by atoms with E-state index in [2.05, 4.69) is 15.5 Å². The molecule has 142 valence electrons. The molecule has 1 heterocycles. The molecule has 1 saturated carbocycles. The molecule has 0 atom stereocenters. The van der Waals surface area contributed by atoms with Crippen LogP contribution in [0, 0.1) is 5.92 Å². The first-order valence-corrected chi connectivity index (χ1v) is 9.44. The molecule has 3 rings (SSSR count). The summed E-state index contributed by atoms with van der Waals surface area (Å²) in [6.45, 7) is 0. The van der Waals surface area contributed by atoms with Crippen molar-refractivity contribution >= 4 is 34.3 Å². The van der Waals surface area contributed by atoms with E-state index >= 15 is 0 Å². The summed E-state index contributed by atoms with van der Waals surface area (Å²) in [5, 5.41) is 27.3. The monoisotopic (exact) mass is 389 g/mol. The third-order valence-electron chi connectivity index (χ3n) is 4.78. The van der Waals surface area contributed by atoms with Gasteiger partial charge in [0.05, 0.1) is 0 Å². The fourth-order valence-corrected chi connectivity index (χ4v) is 3.96. The van der Waals surface area contributed by atoms with Crippen LogP contribution >= 0.6 is 11.3 Å². The molecule has 1 amide bonds. The quantitative estimate of drug-likeness (QED) is 0.691. The standard InChI is InChI=1S/C18H19N3O5S/c22-14(23)9-10-1-3-11(4-2-10)12-5-7-13(8-6-12)15(24)19-18-21-20-16(27-18)17(25)26/h5-8,10-11H,1-4,9H2,(H,22,23)(H,25,26)(H,19,21,24)/t10-,11-. The van der Waals surface area contributed by atoms with Gasteiger partial charge in [-0.15, -0.1) is 10.2 Å². The van der Waals surface area contributed by atoms with Crippen molar-refractivity contribution in [1.29, 1.82) is 0 Å². The molecule has 1 fully saturated rings. The Morgan fingerprint density at radius 1 is 1.04 bits per heavy atom. The number of aromatic nitrogens is 2. The van der Waals surface area contributed by atoms with Crippen LogP contribution in [0.2, 0.25) is 0 Å². The highest BCUT2D eigenvalue weighted by atomic mass is 32.1. The molecule has 1 aromatic heterocycles. The predicted octanol–water partition coefficient (Wildman–Crippen LogP) is 3.24. The van der Waals surface area contributed by atoms with Gasteiger partial charge in [-0.2, -0.15) is 0 Å². The van der Waals surface area contributed by atoms with Crippen LogP contribution in [0.25, 0.3) is 0 Å². The Kier molecular flexibility index (Phi) is 5.80. The molecular weight excluding hydrogens is 370 g/mol. The Morgan fingerprint density at radius 2 is 1.70 bits per heavy atom. The molecule has 0 radical (unpaired) electrons. The van der Waals surface area contributed by atoms with Gasteiger partial charge < -0.3 is 10.2 Å². The molecule has 0 aliphatic heterocycles. The molecular formula is C18H19N3O5S. The fraction of sp³-hybridized carbons (Fsp3) is 0.389. The van der Waals surface area contributed by atoms with E-state index in [1.54, 1.807) is 12.1 Å². The van der Waals surface area contributed by atoms with E-state index in [-0.39, 0.29) is 28.4 Å².